The molecule has 0 unspecified atom stereocenters. The van der Waals surface area contributed by atoms with Gasteiger partial charge >= 0.3 is 0 Å². The van der Waals surface area contributed by atoms with Crippen molar-refractivity contribution in [3.8, 4) is 28.7 Å². The van der Waals surface area contributed by atoms with Crippen LogP contribution in [0.15, 0.2) is 71.1 Å². The lowest BCUT2D eigenvalue weighted by atomic mass is 9.76. The van der Waals surface area contributed by atoms with E-state index in [-0.39, 0.29) is 29.0 Å². The van der Waals surface area contributed by atoms with Crippen molar-refractivity contribution in [2.75, 3.05) is 6.61 Å². The van der Waals surface area contributed by atoms with E-state index < -0.39 is 5.82 Å². The lowest BCUT2D eigenvalue weighted by Crippen LogP contribution is -2.54. The van der Waals surface area contributed by atoms with Crippen LogP contribution in [0.1, 0.15) is 50.8 Å². The smallest absolute Gasteiger partial charge is 0.248 e. The van der Waals surface area contributed by atoms with Crippen molar-refractivity contribution in [3.63, 3.8) is 0 Å². The van der Waals surface area contributed by atoms with Gasteiger partial charge in [0.1, 0.15) is 5.72 Å². The molecule has 1 spiro atoms. The van der Waals surface area contributed by atoms with Gasteiger partial charge in [0.05, 0.1) is 18.2 Å². The van der Waals surface area contributed by atoms with Crippen LogP contribution >= 0.6 is 0 Å². The van der Waals surface area contributed by atoms with Crippen LogP contribution in [0.4, 0.5) is 4.39 Å². The Morgan fingerprint density at radius 2 is 1.67 bits per heavy atom. The first kappa shape index (κ1) is 25.7. The number of benzene rings is 3. The molecule has 2 aliphatic rings. The molecule has 1 atom stereocenters. The molecule has 0 bridgehead atoms. The number of aromatic nitrogens is 2. The summed E-state index contributed by atoms with van der Waals surface area (Å²) in [4.78, 5) is 2.54. The normalized spacial score (nSPS) is 20.5. The molecule has 6 rings (SSSR count). The topological polar surface area (TPSA) is 60.6 Å². The molecule has 202 valence electrons. The fraction of sp³-hybridized carbons (Fsp3) is 0.375. The van der Waals surface area contributed by atoms with Crippen molar-refractivity contribution in [1.82, 2.24) is 15.1 Å². The molecular weight excluding hydrogens is 493 g/mol. The van der Waals surface area contributed by atoms with E-state index in [1.807, 2.05) is 19.9 Å². The minimum absolute atomic E-state index is 0.0811. The summed E-state index contributed by atoms with van der Waals surface area (Å²) in [7, 11) is 0. The maximum atomic E-state index is 14.6. The number of hydrogen-bond donors (Lipinski definition) is 0. The highest BCUT2D eigenvalue weighted by molar-refractivity contribution is 5.60. The van der Waals surface area contributed by atoms with Crippen molar-refractivity contribution in [2.24, 2.45) is 0 Å². The van der Waals surface area contributed by atoms with Gasteiger partial charge in [0.2, 0.25) is 11.8 Å². The number of fused-ring (bicyclic) bond motifs is 1. The molecular formula is C32H34FN3O3. The van der Waals surface area contributed by atoms with Crippen LogP contribution in [-0.4, -0.2) is 39.1 Å². The van der Waals surface area contributed by atoms with Crippen LogP contribution in [-0.2, 0) is 24.1 Å². The van der Waals surface area contributed by atoms with E-state index in [9.17, 15) is 4.39 Å². The van der Waals surface area contributed by atoms with Gasteiger partial charge in [-0.05, 0) is 94.0 Å². The van der Waals surface area contributed by atoms with Crippen LogP contribution in [0.25, 0.3) is 22.9 Å². The first-order chi connectivity index (χ1) is 18.7. The fourth-order valence-electron chi connectivity index (χ4n) is 5.93. The van der Waals surface area contributed by atoms with Crippen molar-refractivity contribution < 1.29 is 18.3 Å². The molecule has 1 aromatic heterocycles. The molecule has 39 heavy (non-hydrogen) atoms. The zero-order valence-electron chi connectivity index (χ0n) is 22.9. The SMILES string of the molecule is CC(C)Oc1ccc(-c2nnc(-c3ccc4c(c3)C[C@@]3(CC4)COC(C)(C)N3Cc3ccccc3)o2)cc1F. The van der Waals surface area contributed by atoms with Gasteiger partial charge in [-0.25, -0.2) is 4.39 Å². The highest BCUT2D eigenvalue weighted by Gasteiger charge is 2.52. The van der Waals surface area contributed by atoms with E-state index in [2.05, 4.69) is 71.4 Å². The minimum Gasteiger partial charge on any atom is -0.488 e. The number of ether oxygens (including phenoxy) is 2. The average molecular weight is 528 g/mol. The summed E-state index contributed by atoms with van der Waals surface area (Å²) >= 11 is 0. The van der Waals surface area contributed by atoms with Gasteiger partial charge in [-0.15, -0.1) is 10.2 Å². The first-order valence-corrected chi connectivity index (χ1v) is 13.6. The zero-order valence-corrected chi connectivity index (χ0v) is 22.9. The standard InChI is InChI=1S/C32H34FN3O3/c1-21(2)38-28-13-12-25(17-27(28)33)30-35-34-29(39-30)24-11-10-23-14-15-32(18-26(23)16-24)20-37-31(3,4)36(32)19-22-8-6-5-7-9-22/h5-13,16-17,21H,14-15,18-20H2,1-4H3/t32-/m0/s1. The van der Waals surface area contributed by atoms with E-state index in [0.717, 1.165) is 31.4 Å². The van der Waals surface area contributed by atoms with Crippen LogP contribution in [0, 0.1) is 5.82 Å². The summed E-state index contributed by atoms with van der Waals surface area (Å²) in [5, 5.41) is 8.49. The highest BCUT2D eigenvalue weighted by atomic mass is 19.1. The van der Waals surface area contributed by atoms with Gasteiger partial charge in [0.15, 0.2) is 11.6 Å². The second-order valence-electron chi connectivity index (χ2n) is 11.4. The quantitative estimate of drug-likeness (QED) is 0.274. The van der Waals surface area contributed by atoms with Gasteiger partial charge < -0.3 is 13.9 Å². The van der Waals surface area contributed by atoms with Crippen LogP contribution < -0.4 is 4.74 Å². The fourth-order valence-corrected chi connectivity index (χ4v) is 5.93. The van der Waals surface area contributed by atoms with E-state index in [0.29, 0.717) is 18.1 Å². The number of nitrogens with zero attached hydrogens (tertiary/aromatic N) is 3. The second kappa shape index (κ2) is 9.88. The van der Waals surface area contributed by atoms with Gasteiger partial charge in [-0.3, -0.25) is 4.90 Å². The third-order valence-corrected chi connectivity index (χ3v) is 7.90. The Labute approximate surface area is 228 Å². The van der Waals surface area contributed by atoms with Crippen LogP contribution in [0.3, 0.4) is 0 Å². The van der Waals surface area contributed by atoms with Gasteiger partial charge in [0.25, 0.3) is 0 Å². The van der Waals surface area contributed by atoms with Gasteiger partial charge in [-0.1, -0.05) is 36.4 Å². The van der Waals surface area contributed by atoms with E-state index in [1.165, 1.54) is 22.8 Å². The number of halogens is 1. The van der Waals surface area contributed by atoms with E-state index in [1.54, 1.807) is 12.1 Å². The summed E-state index contributed by atoms with van der Waals surface area (Å²) in [5.74, 6) is 0.438. The molecule has 1 saturated heterocycles. The molecule has 7 heteroatoms. The number of rotatable bonds is 6. The molecule has 0 amide bonds. The lowest BCUT2D eigenvalue weighted by Gasteiger charge is -2.45. The maximum absolute atomic E-state index is 14.6. The maximum Gasteiger partial charge on any atom is 0.248 e. The van der Waals surface area contributed by atoms with Crippen molar-refractivity contribution in [1.29, 1.82) is 0 Å². The molecule has 4 aromatic rings. The summed E-state index contributed by atoms with van der Waals surface area (Å²) in [6.07, 6.45) is 2.80. The number of aryl methyl sites for hydroxylation is 1. The Morgan fingerprint density at radius 1 is 0.949 bits per heavy atom. The van der Waals surface area contributed by atoms with Crippen molar-refractivity contribution >= 4 is 0 Å². The predicted octanol–water partition coefficient (Wildman–Crippen LogP) is 6.83. The molecule has 0 saturated carbocycles. The third kappa shape index (κ3) is 4.97. The molecule has 0 N–H and O–H groups in total. The average Bonchev–Trinajstić information content (AvgIpc) is 3.50. The summed E-state index contributed by atoms with van der Waals surface area (Å²) < 4.78 is 32.5. The molecule has 2 heterocycles. The zero-order chi connectivity index (χ0) is 27.2. The Hall–Kier alpha value is -3.55. The summed E-state index contributed by atoms with van der Waals surface area (Å²) in [6, 6.07) is 21.7. The van der Waals surface area contributed by atoms with E-state index >= 15 is 0 Å². The lowest BCUT2D eigenvalue weighted by molar-refractivity contribution is -0.0673. The first-order valence-electron chi connectivity index (χ1n) is 13.6. The molecule has 1 aliphatic heterocycles. The largest absolute Gasteiger partial charge is 0.488 e. The molecule has 1 aliphatic carbocycles. The Morgan fingerprint density at radius 3 is 2.38 bits per heavy atom. The Balaban J connectivity index is 1.26. The monoisotopic (exact) mass is 527 g/mol. The molecule has 3 aromatic carbocycles. The molecule has 6 nitrogen and oxygen atoms in total. The Bertz CT molecular complexity index is 1480. The van der Waals surface area contributed by atoms with E-state index in [4.69, 9.17) is 13.9 Å². The molecule has 0 radical (unpaired) electrons. The van der Waals surface area contributed by atoms with Gasteiger partial charge in [-0.2, -0.15) is 0 Å². The summed E-state index contributed by atoms with van der Waals surface area (Å²) in [6.45, 7) is 9.59. The Kier molecular flexibility index (Phi) is 6.52. The third-order valence-electron chi connectivity index (χ3n) is 7.90. The highest BCUT2D eigenvalue weighted by Crippen LogP contribution is 2.45. The second-order valence-corrected chi connectivity index (χ2v) is 11.4. The van der Waals surface area contributed by atoms with Crippen molar-refractivity contribution in [3.05, 3.63) is 89.2 Å². The van der Waals surface area contributed by atoms with Crippen LogP contribution in [0.2, 0.25) is 0 Å². The number of hydrogen-bond acceptors (Lipinski definition) is 6. The van der Waals surface area contributed by atoms with Gasteiger partial charge in [0, 0.05) is 17.7 Å². The summed E-state index contributed by atoms with van der Waals surface area (Å²) in [5.41, 5.74) is 4.85. The van der Waals surface area contributed by atoms with Crippen LogP contribution in [0.5, 0.6) is 5.75 Å². The predicted molar refractivity (Wildman–Crippen MR) is 148 cm³/mol. The van der Waals surface area contributed by atoms with Crippen molar-refractivity contribution in [2.45, 2.75) is 70.9 Å². The molecule has 1 fully saturated rings. The minimum atomic E-state index is -0.457.